The fourth-order valence-corrected chi connectivity index (χ4v) is 1.10. The normalized spacial score (nSPS) is 13.1. The largest absolute Gasteiger partial charge is 0.504 e. The maximum absolute atomic E-state index is 11.3. The predicted molar refractivity (Wildman–Crippen MR) is 110 cm³/mol. The number of halogens is 12. The molecule has 8 nitrogen and oxygen atoms in total. The molecule has 0 atom stereocenters. The van der Waals surface area contributed by atoms with Crippen LogP contribution in [0.1, 0.15) is 27.7 Å². The van der Waals surface area contributed by atoms with Gasteiger partial charge in [-0.2, -0.15) is 52.7 Å². The molecule has 0 aromatic rings. The van der Waals surface area contributed by atoms with Crippen molar-refractivity contribution in [1.82, 2.24) is 0 Å². The fraction of sp³-hybridized carbons (Fsp3) is 0.400. The SMILES string of the molecule is CC(=O)/C=C(\O)C(F)(F)F.CC(=O)/C=C(\O)C(F)(F)F.CC(=O)/C=C(\O)C(F)(F)F.CC(=O)/C=C(\O)C(F)(F)F.[Hf]. The minimum Gasteiger partial charge on any atom is -0.504 e. The minimum absolute atomic E-state index is 0. The maximum Gasteiger partial charge on any atom is 0.448 e. The summed E-state index contributed by atoms with van der Waals surface area (Å²) in [5.41, 5.74) is 0. The van der Waals surface area contributed by atoms with Crippen LogP contribution < -0.4 is 0 Å². The maximum atomic E-state index is 11.3. The molecule has 0 spiro atoms. The molecule has 0 radical (unpaired) electrons. The van der Waals surface area contributed by atoms with Crippen molar-refractivity contribution >= 4 is 23.1 Å². The number of carbonyl (C=O) groups excluding carboxylic acids is 4. The summed E-state index contributed by atoms with van der Waals surface area (Å²) in [5.74, 6) is -10.8. The molecule has 0 fully saturated rings. The second-order valence-corrected chi connectivity index (χ2v) is 6.55. The average molecular weight is 795 g/mol. The number of alkyl halides is 12. The average Bonchev–Trinajstić information content (AvgIpc) is 2.64. The summed E-state index contributed by atoms with van der Waals surface area (Å²) in [7, 11) is 0. The van der Waals surface area contributed by atoms with Crippen molar-refractivity contribution in [3.63, 3.8) is 0 Å². The number of hydrogen-bond donors (Lipinski definition) is 4. The zero-order valence-corrected chi connectivity index (χ0v) is 24.4. The molecule has 0 aromatic heterocycles. The van der Waals surface area contributed by atoms with Crippen molar-refractivity contribution in [2.24, 2.45) is 0 Å². The first-order valence-corrected chi connectivity index (χ1v) is 9.29. The molecule has 41 heavy (non-hydrogen) atoms. The molecule has 0 saturated carbocycles. The van der Waals surface area contributed by atoms with Crippen LogP contribution in [-0.2, 0) is 45.0 Å². The molecule has 0 aliphatic carbocycles. The summed E-state index contributed by atoms with van der Waals surface area (Å²) in [6.07, 6.45) is -18.8. The minimum atomic E-state index is -4.81. The molecule has 0 bridgehead atoms. The van der Waals surface area contributed by atoms with E-state index in [9.17, 15) is 71.9 Å². The van der Waals surface area contributed by atoms with Crippen LogP contribution >= 0.6 is 0 Å². The molecule has 0 aromatic carbocycles. The molecule has 0 aliphatic heterocycles. The van der Waals surface area contributed by atoms with Crippen LogP contribution in [0, 0.1) is 0 Å². The van der Waals surface area contributed by atoms with Gasteiger partial charge in [-0.05, 0) is 27.7 Å². The first-order chi connectivity index (χ1) is 17.3. The van der Waals surface area contributed by atoms with E-state index in [0.717, 1.165) is 27.7 Å². The van der Waals surface area contributed by atoms with Gasteiger partial charge in [0, 0.05) is 50.1 Å². The third kappa shape index (κ3) is 33.0. The van der Waals surface area contributed by atoms with Crippen molar-refractivity contribution in [1.29, 1.82) is 0 Å². The number of rotatable bonds is 4. The summed E-state index contributed by atoms with van der Waals surface area (Å²) in [6, 6.07) is 0. The quantitative estimate of drug-likeness (QED) is 0.112. The van der Waals surface area contributed by atoms with Crippen molar-refractivity contribution < 1.29 is 118 Å². The molecule has 21 heteroatoms. The Kier molecular flexibility index (Phi) is 23.1. The Morgan fingerprint density at radius 3 is 0.512 bits per heavy atom. The van der Waals surface area contributed by atoms with Gasteiger partial charge in [-0.25, -0.2) is 0 Å². The molecular formula is C20H20F12HfO8. The van der Waals surface area contributed by atoms with E-state index < -0.39 is 70.9 Å². The van der Waals surface area contributed by atoms with E-state index in [1.165, 1.54) is 0 Å². The second kappa shape index (κ2) is 19.9. The van der Waals surface area contributed by atoms with Crippen molar-refractivity contribution in [3.8, 4) is 0 Å². The predicted octanol–water partition coefficient (Wildman–Crippen LogP) is 6.32. The van der Waals surface area contributed by atoms with E-state index in [1.807, 2.05) is 0 Å². The van der Waals surface area contributed by atoms with E-state index in [-0.39, 0.29) is 50.1 Å². The zero-order valence-electron chi connectivity index (χ0n) is 20.8. The number of ketones is 4. The van der Waals surface area contributed by atoms with Crippen molar-refractivity contribution in [2.75, 3.05) is 0 Å². The van der Waals surface area contributed by atoms with Crippen LogP contribution in [0.4, 0.5) is 52.7 Å². The summed E-state index contributed by atoms with van der Waals surface area (Å²) in [6.45, 7) is 3.67. The number of aliphatic hydroxyl groups is 4. The van der Waals surface area contributed by atoms with E-state index >= 15 is 0 Å². The van der Waals surface area contributed by atoms with Crippen LogP contribution in [0.25, 0.3) is 0 Å². The molecular weight excluding hydrogens is 775 g/mol. The van der Waals surface area contributed by atoms with Gasteiger partial charge in [0.2, 0.25) is 23.0 Å². The Labute approximate surface area is 241 Å². The standard InChI is InChI=1S/4C5H5F3O2.Hf/c4*1-3(9)2-4(10)5(6,7)8;/h4*2,10H,1H3;/b4*4-2-;. The van der Waals surface area contributed by atoms with Gasteiger partial charge in [0.1, 0.15) is 0 Å². The molecule has 0 saturated heterocycles. The van der Waals surface area contributed by atoms with E-state index in [0.29, 0.717) is 0 Å². The van der Waals surface area contributed by atoms with Gasteiger partial charge < -0.3 is 20.4 Å². The topological polar surface area (TPSA) is 149 Å². The molecule has 0 aliphatic rings. The number of allylic oxidation sites excluding steroid dienone is 8. The third-order valence-corrected chi connectivity index (χ3v) is 2.52. The zero-order chi connectivity index (χ0) is 33.4. The molecule has 0 rings (SSSR count). The van der Waals surface area contributed by atoms with Crippen LogP contribution in [0.15, 0.2) is 47.3 Å². The Morgan fingerprint density at radius 2 is 0.488 bits per heavy atom. The summed E-state index contributed by atoms with van der Waals surface area (Å²) in [5, 5.41) is 32.3. The van der Waals surface area contributed by atoms with Crippen molar-refractivity contribution in [2.45, 2.75) is 52.4 Å². The van der Waals surface area contributed by atoms with Crippen molar-refractivity contribution in [3.05, 3.63) is 47.3 Å². The first-order valence-electron chi connectivity index (χ1n) is 9.29. The first kappa shape index (κ1) is 47.6. The van der Waals surface area contributed by atoms with Gasteiger partial charge >= 0.3 is 24.7 Å². The Hall–Kier alpha value is -3.13. The fourth-order valence-electron chi connectivity index (χ4n) is 1.10. The van der Waals surface area contributed by atoms with E-state index in [1.54, 1.807) is 0 Å². The van der Waals surface area contributed by atoms with Crippen LogP contribution in [0.5, 0.6) is 0 Å². The summed E-state index contributed by atoms with van der Waals surface area (Å²) >= 11 is 0. The summed E-state index contributed by atoms with van der Waals surface area (Å²) in [4.78, 5) is 39.9. The number of carbonyl (C=O) groups is 4. The Morgan fingerprint density at radius 1 is 0.390 bits per heavy atom. The molecule has 0 unspecified atom stereocenters. The monoisotopic (exact) mass is 796 g/mol. The number of aliphatic hydroxyl groups excluding tert-OH is 4. The molecule has 4 N–H and O–H groups in total. The van der Waals surface area contributed by atoms with Gasteiger partial charge in [-0.3, -0.25) is 19.2 Å². The Bertz CT molecular complexity index is 840. The van der Waals surface area contributed by atoms with Crippen LogP contribution in [0.3, 0.4) is 0 Å². The van der Waals surface area contributed by atoms with Gasteiger partial charge in [0.25, 0.3) is 0 Å². The smallest absolute Gasteiger partial charge is 0.448 e. The Balaban J connectivity index is -0.000000139. The molecule has 0 amide bonds. The number of hydrogen-bond acceptors (Lipinski definition) is 8. The second-order valence-electron chi connectivity index (χ2n) is 6.55. The molecule has 0 heterocycles. The summed E-state index contributed by atoms with van der Waals surface area (Å²) < 4.78 is 136. The van der Waals surface area contributed by atoms with E-state index in [4.69, 9.17) is 20.4 Å². The third-order valence-electron chi connectivity index (χ3n) is 2.52. The molecule has 236 valence electrons. The van der Waals surface area contributed by atoms with E-state index in [2.05, 4.69) is 0 Å². The van der Waals surface area contributed by atoms with Gasteiger partial charge in [-0.1, -0.05) is 0 Å². The van der Waals surface area contributed by atoms with Gasteiger partial charge in [0.15, 0.2) is 23.1 Å². The van der Waals surface area contributed by atoms with Crippen LogP contribution in [-0.4, -0.2) is 68.3 Å². The van der Waals surface area contributed by atoms with Crippen LogP contribution in [0.2, 0.25) is 0 Å². The van der Waals surface area contributed by atoms with Gasteiger partial charge in [-0.15, -0.1) is 0 Å². The van der Waals surface area contributed by atoms with Gasteiger partial charge in [0.05, 0.1) is 0 Å².